The lowest BCUT2D eigenvalue weighted by Gasteiger charge is -2.20. The van der Waals surface area contributed by atoms with Gasteiger partial charge in [0.15, 0.2) is 0 Å². The number of ether oxygens (including phenoxy) is 1. The second-order valence-corrected chi connectivity index (χ2v) is 4.16. The minimum Gasteiger partial charge on any atom is -0.493 e. The van der Waals surface area contributed by atoms with E-state index in [1.807, 2.05) is 6.07 Å². The number of rotatable bonds is 5. The van der Waals surface area contributed by atoms with E-state index in [-0.39, 0.29) is 32.2 Å². The molecule has 0 saturated heterocycles. The quantitative estimate of drug-likeness (QED) is 0.775. The van der Waals surface area contributed by atoms with Gasteiger partial charge in [0.05, 0.1) is 19.8 Å². The van der Waals surface area contributed by atoms with Crippen LogP contribution < -0.4 is 4.74 Å². The Balaban J connectivity index is 2.16. The van der Waals surface area contributed by atoms with Crippen molar-refractivity contribution in [3.63, 3.8) is 0 Å². The van der Waals surface area contributed by atoms with E-state index in [2.05, 4.69) is 0 Å². The number of benzene rings is 1. The first-order valence-electron chi connectivity index (χ1n) is 6.03. The standard InChI is InChI=1S/C13H17NO4/c15-6-4-14(5-7-16)13(17)11-1-2-12-10(9-11)3-8-18-12/h1-2,9,15-16H,3-8H2. The third kappa shape index (κ3) is 2.63. The molecule has 1 amide bonds. The van der Waals surface area contributed by atoms with Gasteiger partial charge < -0.3 is 19.8 Å². The summed E-state index contributed by atoms with van der Waals surface area (Å²) in [6.07, 6.45) is 0.816. The highest BCUT2D eigenvalue weighted by atomic mass is 16.5. The van der Waals surface area contributed by atoms with Gasteiger partial charge in [0, 0.05) is 25.1 Å². The second-order valence-electron chi connectivity index (χ2n) is 4.16. The number of carbonyl (C=O) groups excluding carboxylic acids is 1. The normalized spacial score (nSPS) is 13.0. The molecule has 0 bridgehead atoms. The Bertz CT molecular complexity index is 427. The summed E-state index contributed by atoms with van der Waals surface area (Å²) in [5.74, 6) is 0.662. The molecule has 5 nitrogen and oxygen atoms in total. The molecule has 0 spiro atoms. The van der Waals surface area contributed by atoms with E-state index in [1.54, 1.807) is 12.1 Å². The Morgan fingerprint density at radius 2 is 2.00 bits per heavy atom. The van der Waals surface area contributed by atoms with Gasteiger partial charge in [0.1, 0.15) is 5.75 Å². The largest absolute Gasteiger partial charge is 0.493 e. The zero-order chi connectivity index (χ0) is 13.0. The lowest BCUT2D eigenvalue weighted by molar-refractivity contribution is 0.0684. The molecule has 0 atom stereocenters. The van der Waals surface area contributed by atoms with Crippen molar-refractivity contribution in [1.82, 2.24) is 4.90 Å². The molecule has 2 rings (SSSR count). The number of fused-ring (bicyclic) bond motifs is 1. The van der Waals surface area contributed by atoms with E-state index in [1.165, 1.54) is 4.90 Å². The topological polar surface area (TPSA) is 70.0 Å². The lowest BCUT2D eigenvalue weighted by Crippen LogP contribution is -2.35. The molecule has 0 aromatic heterocycles. The summed E-state index contributed by atoms with van der Waals surface area (Å²) in [5.41, 5.74) is 1.61. The van der Waals surface area contributed by atoms with Gasteiger partial charge >= 0.3 is 0 Å². The van der Waals surface area contributed by atoms with E-state index < -0.39 is 0 Å². The molecular formula is C13H17NO4. The predicted molar refractivity (Wildman–Crippen MR) is 65.7 cm³/mol. The van der Waals surface area contributed by atoms with Gasteiger partial charge in [0.25, 0.3) is 5.91 Å². The molecule has 0 saturated carbocycles. The molecule has 98 valence electrons. The fraction of sp³-hybridized carbons (Fsp3) is 0.462. The Hall–Kier alpha value is -1.59. The van der Waals surface area contributed by atoms with Crippen LogP contribution in [0, 0.1) is 0 Å². The third-order valence-electron chi connectivity index (χ3n) is 2.96. The summed E-state index contributed by atoms with van der Waals surface area (Å²) in [5, 5.41) is 17.8. The van der Waals surface area contributed by atoms with Crippen LogP contribution in [0.15, 0.2) is 18.2 Å². The summed E-state index contributed by atoms with van der Waals surface area (Å²) in [6, 6.07) is 5.34. The maximum atomic E-state index is 12.2. The maximum Gasteiger partial charge on any atom is 0.254 e. The number of aliphatic hydroxyl groups is 2. The Kier molecular flexibility index (Phi) is 4.17. The van der Waals surface area contributed by atoms with Crippen molar-refractivity contribution >= 4 is 5.91 Å². The maximum absolute atomic E-state index is 12.2. The van der Waals surface area contributed by atoms with Gasteiger partial charge in [-0.25, -0.2) is 0 Å². The first-order chi connectivity index (χ1) is 8.76. The summed E-state index contributed by atoms with van der Waals surface area (Å²) in [7, 11) is 0. The molecule has 2 N–H and O–H groups in total. The zero-order valence-electron chi connectivity index (χ0n) is 10.1. The van der Waals surface area contributed by atoms with Crippen molar-refractivity contribution in [2.45, 2.75) is 6.42 Å². The van der Waals surface area contributed by atoms with Gasteiger partial charge in [-0.05, 0) is 23.8 Å². The van der Waals surface area contributed by atoms with E-state index in [4.69, 9.17) is 14.9 Å². The van der Waals surface area contributed by atoms with Crippen molar-refractivity contribution in [2.24, 2.45) is 0 Å². The predicted octanol–water partition coefficient (Wildman–Crippen LogP) is 0.0483. The molecular weight excluding hydrogens is 234 g/mol. The molecule has 1 aliphatic heterocycles. The summed E-state index contributed by atoms with van der Waals surface area (Å²) in [4.78, 5) is 13.6. The lowest BCUT2D eigenvalue weighted by atomic mass is 10.1. The van der Waals surface area contributed by atoms with Crippen LogP contribution in [-0.4, -0.2) is 53.9 Å². The zero-order valence-corrected chi connectivity index (χ0v) is 10.1. The van der Waals surface area contributed by atoms with Crippen LogP contribution in [0.5, 0.6) is 5.75 Å². The average Bonchev–Trinajstić information content (AvgIpc) is 2.84. The molecule has 0 fully saturated rings. The van der Waals surface area contributed by atoms with Gasteiger partial charge in [-0.3, -0.25) is 4.79 Å². The molecule has 1 aromatic carbocycles. The number of nitrogens with zero attached hydrogens (tertiary/aromatic N) is 1. The number of hydrogen-bond donors (Lipinski definition) is 2. The van der Waals surface area contributed by atoms with Crippen molar-refractivity contribution in [3.05, 3.63) is 29.3 Å². The molecule has 1 aliphatic rings. The first kappa shape index (κ1) is 12.9. The molecule has 1 heterocycles. The van der Waals surface area contributed by atoms with Gasteiger partial charge in [-0.2, -0.15) is 0 Å². The van der Waals surface area contributed by atoms with Crippen LogP contribution in [0.25, 0.3) is 0 Å². The molecule has 5 heteroatoms. The minimum atomic E-state index is -0.173. The van der Waals surface area contributed by atoms with Gasteiger partial charge in [-0.15, -0.1) is 0 Å². The average molecular weight is 251 g/mol. The highest BCUT2D eigenvalue weighted by Gasteiger charge is 2.18. The first-order valence-corrected chi connectivity index (χ1v) is 6.03. The number of amides is 1. The highest BCUT2D eigenvalue weighted by molar-refractivity contribution is 5.94. The smallest absolute Gasteiger partial charge is 0.254 e. The molecule has 0 unspecified atom stereocenters. The van der Waals surface area contributed by atoms with Crippen LogP contribution in [0.2, 0.25) is 0 Å². The molecule has 1 aromatic rings. The molecule has 18 heavy (non-hydrogen) atoms. The molecule has 0 radical (unpaired) electrons. The second kappa shape index (κ2) is 5.84. The number of aliphatic hydroxyl groups excluding tert-OH is 2. The third-order valence-corrected chi connectivity index (χ3v) is 2.96. The van der Waals surface area contributed by atoms with Crippen molar-refractivity contribution < 1.29 is 19.7 Å². The Morgan fingerprint density at radius 1 is 1.28 bits per heavy atom. The van der Waals surface area contributed by atoms with E-state index >= 15 is 0 Å². The summed E-state index contributed by atoms with van der Waals surface area (Å²) in [6.45, 7) is 0.892. The van der Waals surface area contributed by atoms with E-state index in [9.17, 15) is 4.79 Å². The fourth-order valence-corrected chi connectivity index (χ4v) is 2.06. The van der Waals surface area contributed by atoms with Gasteiger partial charge in [-0.1, -0.05) is 0 Å². The molecule has 0 aliphatic carbocycles. The van der Waals surface area contributed by atoms with Crippen LogP contribution in [0.3, 0.4) is 0 Å². The highest BCUT2D eigenvalue weighted by Crippen LogP contribution is 2.26. The fourth-order valence-electron chi connectivity index (χ4n) is 2.06. The number of carbonyl (C=O) groups is 1. The van der Waals surface area contributed by atoms with Crippen LogP contribution in [0.1, 0.15) is 15.9 Å². The minimum absolute atomic E-state index is 0.111. The van der Waals surface area contributed by atoms with E-state index in [0.717, 1.165) is 17.7 Å². The SMILES string of the molecule is O=C(c1ccc2c(c1)CCO2)N(CCO)CCO. The summed E-state index contributed by atoms with van der Waals surface area (Å²) < 4.78 is 5.38. The van der Waals surface area contributed by atoms with Crippen LogP contribution >= 0.6 is 0 Å². The van der Waals surface area contributed by atoms with Crippen molar-refractivity contribution in [2.75, 3.05) is 32.9 Å². The number of hydrogen-bond acceptors (Lipinski definition) is 4. The van der Waals surface area contributed by atoms with E-state index in [0.29, 0.717) is 12.2 Å². The van der Waals surface area contributed by atoms with Crippen LogP contribution in [0.4, 0.5) is 0 Å². The Morgan fingerprint density at radius 3 is 2.67 bits per heavy atom. The monoisotopic (exact) mass is 251 g/mol. The Labute approximate surface area is 106 Å². The van der Waals surface area contributed by atoms with Gasteiger partial charge in [0.2, 0.25) is 0 Å². The van der Waals surface area contributed by atoms with Crippen molar-refractivity contribution in [1.29, 1.82) is 0 Å². The summed E-state index contributed by atoms with van der Waals surface area (Å²) >= 11 is 0. The van der Waals surface area contributed by atoms with Crippen molar-refractivity contribution in [3.8, 4) is 5.75 Å². The van der Waals surface area contributed by atoms with Crippen LogP contribution in [-0.2, 0) is 6.42 Å².